The Morgan fingerprint density at radius 2 is 1.69 bits per heavy atom. The van der Waals surface area contributed by atoms with Crippen LogP contribution in [-0.4, -0.2) is 42.9 Å². The third kappa shape index (κ3) is 6.01. The second-order valence-corrected chi connectivity index (χ2v) is 9.25. The van der Waals surface area contributed by atoms with Gasteiger partial charge in [0.15, 0.2) is 11.5 Å². The minimum atomic E-state index is -0.185. The van der Waals surface area contributed by atoms with Crippen molar-refractivity contribution in [3.63, 3.8) is 0 Å². The summed E-state index contributed by atoms with van der Waals surface area (Å²) in [6.45, 7) is 3.05. The third-order valence-electron chi connectivity index (χ3n) is 5.73. The molecule has 0 unspecified atom stereocenters. The number of carbonyl (C=O) groups is 2. The number of nitrogens with zero attached hydrogens (tertiary/aromatic N) is 1. The highest BCUT2D eigenvalue weighted by Crippen LogP contribution is 2.30. The molecule has 0 atom stereocenters. The van der Waals surface area contributed by atoms with Crippen LogP contribution >= 0.6 is 11.8 Å². The number of hydrogen-bond acceptors (Lipinski definition) is 5. The van der Waals surface area contributed by atoms with E-state index < -0.39 is 0 Å². The van der Waals surface area contributed by atoms with Crippen LogP contribution in [0, 0.1) is 6.92 Å². The molecule has 36 heavy (non-hydrogen) atoms. The maximum absolute atomic E-state index is 12.7. The average Bonchev–Trinajstić information content (AvgIpc) is 3.26. The Balaban J connectivity index is 1.38. The fraction of sp³-hybridized carbons (Fsp3) is 0.214. The Labute approximate surface area is 214 Å². The van der Waals surface area contributed by atoms with Gasteiger partial charge < -0.3 is 24.7 Å². The number of benzene rings is 3. The standard InChI is InChI=1S/C28H29N3O4S/c1-19-8-11-21(12-9-19)30-27(32)18-36-26-17-31(23-7-5-4-6-22(23)26)15-14-29-28(33)20-10-13-24(34-2)25(16-20)35-3/h4-13,16-17H,14-15,18H2,1-3H3,(H,29,33)(H,30,32). The van der Waals surface area contributed by atoms with Gasteiger partial charge in [0.1, 0.15) is 0 Å². The summed E-state index contributed by atoms with van der Waals surface area (Å²) in [5.41, 5.74) is 3.49. The highest BCUT2D eigenvalue weighted by molar-refractivity contribution is 8.00. The molecular weight excluding hydrogens is 474 g/mol. The maximum atomic E-state index is 12.7. The highest BCUT2D eigenvalue weighted by atomic mass is 32.2. The molecule has 1 heterocycles. The van der Waals surface area contributed by atoms with Gasteiger partial charge in [-0.15, -0.1) is 11.8 Å². The Kier molecular flexibility index (Phi) is 8.17. The lowest BCUT2D eigenvalue weighted by molar-refractivity contribution is -0.113. The van der Waals surface area contributed by atoms with Gasteiger partial charge in [0, 0.05) is 46.3 Å². The van der Waals surface area contributed by atoms with Crippen molar-refractivity contribution in [1.29, 1.82) is 0 Å². The molecular formula is C28H29N3O4S. The molecule has 2 N–H and O–H groups in total. The van der Waals surface area contributed by atoms with Crippen LogP contribution < -0.4 is 20.1 Å². The van der Waals surface area contributed by atoms with Gasteiger partial charge in [0.2, 0.25) is 5.91 Å². The fourth-order valence-corrected chi connectivity index (χ4v) is 4.75. The first-order valence-electron chi connectivity index (χ1n) is 11.6. The van der Waals surface area contributed by atoms with Crippen LogP contribution in [0.4, 0.5) is 5.69 Å². The van der Waals surface area contributed by atoms with Gasteiger partial charge >= 0.3 is 0 Å². The van der Waals surface area contributed by atoms with Crippen LogP contribution in [0.15, 0.2) is 77.8 Å². The van der Waals surface area contributed by atoms with Crippen LogP contribution in [0.25, 0.3) is 10.9 Å². The van der Waals surface area contributed by atoms with Crippen LogP contribution in [-0.2, 0) is 11.3 Å². The number of aromatic nitrogens is 1. The minimum Gasteiger partial charge on any atom is -0.493 e. The van der Waals surface area contributed by atoms with Crippen molar-refractivity contribution >= 4 is 40.2 Å². The summed E-state index contributed by atoms with van der Waals surface area (Å²) in [6.07, 6.45) is 2.04. The summed E-state index contributed by atoms with van der Waals surface area (Å²) >= 11 is 1.50. The molecule has 3 aromatic carbocycles. The lowest BCUT2D eigenvalue weighted by Gasteiger charge is -2.10. The molecule has 4 aromatic rings. The number of amides is 2. The predicted molar refractivity (Wildman–Crippen MR) is 144 cm³/mol. The molecule has 0 radical (unpaired) electrons. The second kappa shape index (κ2) is 11.7. The lowest BCUT2D eigenvalue weighted by Crippen LogP contribution is -2.27. The first-order valence-corrected chi connectivity index (χ1v) is 12.5. The second-order valence-electron chi connectivity index (χ2n) is 8.23. The van der Waals surface area contributed by atoms with Crippen LogP contribution in [0.1, 0.15) is 15.9 Å². The van der Waals surface area contributed by atoms with Gasteiger partial charge in [-0.1, -0.05) is 35.9 Å². The predicted octanol–water partition coefficient (Wildman–Crippen LogP) is 5.13. The van der Waals surface area contributed by atoms with Gasteiger partial charge in [-0.05, 0) is 43.3 Å². The van der Waals surface area contributed by atoms with Crippen molar-refractivity contribution in [1.82, 2.24) is 9.88 Å². The van der Waals surface area contributed by atoms with Crippen LogP contribution in [0.3, 0.4) is 0 Å². The fourth-order valence-electron chi connectivity index (χ4n) is 3.86. The molecule has 4 rings (SSSR count). The van der Waals surface area contributed by atoms with E-state index in [9.17, 15) is 9.59 Å². The Bertz CT molecular complexity index is 1370. The number of para-hydroxylation sites is 1. The summed E-state index contributed by atoms with van der Waals surface area (Å²) in [7, 11) is 3.10. The zero-order valence-electron chi connectivity index (χ0n) is 20.5. The lowest BCUT2D eigenvalue weighted by atomic mass is 10.2. The van der Waals surface area contributed by atoms with E-state index in [0.29, 0.717) is 35.9 Å². The molecule has 0 saturated carbocycles. The molecule has 8 heteroatoms. The summed E-state index contributed by atoms with van der Waals surface area (Å²) in [4.78, 5) is 26.2. The monoisotopic (exact) mass is 503 g/mol. The van der Waals surface area contributed by atoms with Crippen molar-refractivity contribution in [2.24, 2.45) is 0 Å². The molecule has 1 aromatic heterocycles. The number of fused-ring (bicyclic) bond motifs is 1. The van der Waals surface area contributed by atoms with E-state index >= 15 is 0 Å². The maximum Gasteiger partial charge on any atom is 0.251 e. The number of hydrogen-bond donors (Lipinski definition) is 2. The molecule has 0 spiro atoms. The number of aryl methyl sites for hydroxylation is 1. The van der Waals surface area contributed by atoms with E-state index in [2.05, 4.69) is 15.2 Å². The topological polar surface area (TPSA) is 81.6 Å². The van der Waals surface area contributed by atoms with Crippen molar-refractivity contribution in [3.05, 3.63) is 84.1 Å². The van der Waals surface area contributed by atoms with Crippen LogP contribution in [0.2, 0.25) is 0 Å². The Morgan fingerprint density at radius 1 is 0.944 bits per heavy atom. The first kappa shape index (κ1) is 25.2. The van der Waals surface area contributed by atoms with Gasteiger partial charge in [-0.3, -0.25) is 9.59 Å². The van der Waals surface area contributed by atoms with Gasteiger partial charge in [-0.25, -0.2) is 0 Å². The number of carbonyl (C=O) groups excluding carboxylic acids is 2. The molecule has 0 aliphatic heterocycles. The molecule has 186 valence electrons. The zero-order valence-corrected chi connectivity index (χ0v) is 21.4. The van der Waals surface area contributed by atoms with Crippen LogP contribution in [0.5, 0.6) is 11.5 Å². The summed E-state index contributed by atoms with van der Waals surface area (Å²) in [5.74, 6) is 1.15. The van der Waals surface area contributed by atoms with Gasteiger partial charge in [0.25, 0.3) is 5.91 Å². The SMILES string of the molecule is COc1ccc(C(=O)NCCn2cc(SCC(=O)Nc3ccc(C)cc3)c3ccccc32)cc1OC. The third-order valence-corrected chi connectivity index (χ3v) is 6.77. The summed E-state index contributed by atoms with van der Waals surface area (Å²) in [5, 5.41) is 6.99. The minimum absolute atomic E-state index is 0.0529. The molecule has 0 fully saturated rings. The molecule has 2 amide bonds. The molecule has 0 saturated heterocycles. The Morgan fingerprint density at radius 3 is 2.44 bits per heavy atom. The number of rotatable bonds is 10. The number of thioether (sulfide) groups is 1. The number of methoxy groups -OCH3 is 2. The highest BCUT2D eigenvalue weighted by Gasteiger charge is 2.13. The van der Waals surface area contributed by atoms with E-state index in [-0.39, 0.29) is 11.8 Å². The summed E-state index contributed by atoms with van der Waals surface area (Å²) in [6, 6.07) is 20.9. The van der Waals surface area contributed by atoms with Crippen molar-refractivity contribution < 1.29 is 19.1 Å². The zero-order chi connectivity index (χ0) is 25.5. The van der Waals surface area contributed by atoms with Crippen molar-refractivity contribution in [2.45, 2.75) is 18.4 Å². The van der Waals surface area contributed by atoms with Crippen molar-refractivity contribution in [2.75, 3.05) is 31.8 Å². The van der Waals surface area contributed by atoms with E-state index in [1.54, 1.807) is 32.4 Å². The molecule has 0 bridgehead atoms. The first-order chi connectivity index (χ1) is 17.5. The molecule has 0 aliphatic carbocycles. The number of nitrogens with one attached hydrogen (secondary N) is 2. The molecule has 0 aliphatic rings. The molecule has 7 nitrogen and oxygen atoms in total. The average molecular weight is 504 g/mol. The van der Waals surface area contributed by atoms with E-state index in [0.717, 1.165) is 27.0 Å². The van der Waals surface area contributed by atoms with E-state index in [4.69, 9.17) is 9.47 Å². The van der Waals surface area contributed by atoms with Gasteiger partial charge in [0.05, 0.1) is 20.0 Å². The number of anilines is 1. The van der Waals surface area contributed by atoms with Crippen molar-refractivity contribution in [3.8, 4) is 11.5 Å². The summed E-state index contributed by atoms with van der Waals surface area (Å²) < 4.78 is 12.6. The quantitative estimate of drug-likeness (QED) is 0.293. The largest absolute Gasteiger partial charge is 0.493 e. The van der Waals surface area contributed by atoms with E-state index in [1.165, 1.54) is 11.8 Å². The number of ether oxygens (including phenoxy) is 2. The smallest absolute Gasteiger partial charge is 0.251 e. The Hall–Kier alpha value is -3.91. The van der Waals surface area contributed by atoms with E-state index in [1.807, 2.05) is 61.7 Å². The normalized spacial score (nSPS) is 10.8. The van der Waals surface area contributed by atoms with Gasteiger partial charge in [-0.2, -0.15) is 0 Å².